The summed E-state index contributed by atoms with van der Waals surface area (Å²) in [7, 11) is 0. The Bertz CT molecular complexity index is 947. The van der Waals surface area contributed by atoms with Crippen LogP contribution in [0.15, 0.2) is 48.8 Å². The molecule has 27 heavy (non-hydrogen) atoms. The minimum absolute atomic E-state index is 0.162. The van der Waals surface area contributed by atoms with Gasteiger partial charge in [-0.3, -0.25) is 9.36 Å². The lowest BCUT2D eigenvalue weighted by molar-refractivity contribution is 0.0739. The quantitative estimate of drug-likeness (QED) is 0.710. The molecule has 4 rings (SSSR count). The van der Waals surface area contributed by atoms with Gasteiger partial charge in [0.1, 0.15) is 11.6 Å². The second kappa shape index (κ2) is 7.14. The maximum absolute atomic E-state index is 13.9. The Morgan fingerprint density at radius 2 is 1.81 bits per heavy atom. The lowest BCUT2D eigenvalue weighted by Crippen LogP contribution is -2.49. The number of aromatic nitrogens is 4. The van der Waals surface area contributed by atoms with Crippen LogP contribution in [0.4, 0.5) is 10.1 Å². The van der Waals surface area contributed by atoms with Gasteiger partial charge >= 0.3 is 0 Å². The van der Waals surface area contributed by atoms with Crippen molar-refractivity contribution in [3.8, 4) is 5.82 Å². The third-order valence-electron chi connectivity index (χ3n) is 4.70. The number of hydrogen-bond acceptors (Lipinski definition) is 5. The van der Waals surface area contributed by atoms with E-state index in [1.165, 1.54) is 6.07 Å². The zero-order valence-corrected chi connectivity index (χ0v) is 14.9. The Hall–Kier alpha value is -3.29. The third kappa shape index (κ3) is 3.38. The first kappa shape index (κ1) is 17.1. The van der Waals surface area contributed by atoms with Gasteiger partial charge in [-0.2, -0.15) is 0 Å². The van der Waals surface area contributed by atoms with E-state index in [0.29, 0.717) is 43.4 Å². The van der Waals surface area contributed by atoms with Gasteiger partial charge in [-0.1, -0.05) is 12.1 Å². The van der Waals surface area contributed by atoms with Crippen LogP contribution in [0.1, 0.15) is 16.3 Å². The topological polar surface area (TPSA) is 67.2 Å². The molecular weight excluding hydrogens is 347 g/mol. The number of rotatable bonds is 3. The Morgan fingerprint density at radius 3 is 2.44 bits per heavy atom. The number of carbonyl (C=O) groups excluding carboxylic acids is 1. The molecule has 0 spiro atoms. The summed E-state index contributed by atoms with van der Waals surface area (Å²) in [6, 6.07) is 10.1. The van der Waals surface area contributed by atoms with Crippen LogP contribution in [0.5, 0.6) is 0 Å². The highest BCUT2D eigenvalue weighted by molar-refractivity contribution is 5.92. The summed E-state index contributed by atoms with van der Waals surface area (Å²) in [5.41, 5.74) is 0.875. The van der Waals surface area contributed by atoms with Gasteiger partial charge in [0, 0.05) is 38.6 Å². The van der Waals surface area contributed by atoms with E-state index in [4.69, 9.17) is 0 Å². The van der Waals surface area contributed by atoms with Crippen molar-refractivity contribution in [3.05, 3.63) is 66.1 Å². The molecule has 138 valence electrons. The van der Waals surface area contributed by atoms with Crippen molar-refractivity contribution in [2.75, 3.05) is 31.1 Å². The molecule has 1 aliphatic heterocycles. The molecular formula is C19H19FN6O. The highest BCUT2D eigenvalue weighted by Crippen LogP contribution is 2.20. The molecule has 0 unspecified atom stereocenters. The zero-order valence-electron chi connectivity index (χ0n) is 14.9. The van der Waals surface area contributed by atoms with Gasteiger partial charge in [-0.15, -0.1) is 10.2 Å². The van der Waals surface area contributed by atoms with Crippen LogP contribution in [-0.2, 0) is 0 Å². The van der Waals surface area contributed by atoms with E-state index >= 15 is 0 Å². The van der Waals surface area contributed by atoms with Crippen LogP contribution in [0.25, 0.3) is 5.82 Å². The summed E-state index contributed by atoms with van der Waals surface area (Å²) < 4.78 is 15.7. The monoisotopic (exact) mass is 366 g/mol. The van der Waals surface area contributed by atoms with Gasteiger partial charge in [0.25, 0.3) is 5.91 Å². The number of amides is 1. The Balaban J connectivity index is 1.42. The van der Waals surface area contributed by atoms with Gasteiger partial charge < -0.3 is 9.80 Å². The van der Waals surface area contributed by atoms with E-state index in [9.17, 15) is 9.18 Å². The van der Waals surface area contributed by atoms with Gasteiger partial charge in [0.05, 0.1) is 5.69 Å². The summed E-state index contributed by atoms with van der Waals surface area (Å²) in [6.07, 6.45) is 3.48. The van der Waals surface area contributed by atoms with E-state index < -0.39 is 0 Å². The average molecular weight is 366 g/mol. The number of nitrogens with zero attached hydrogens (tertiary/aromatic N) is 6. The summed E-state index contributed by atoms with van der Waals surface area (Å²) in [5, 5.41) is 8.22. The van der Waals surface area contributed by atoms with E-state index in [1.807, 2.05) is 17.9 Å². The van der Waals surface area contributed by atoms with Crippen molar-refractivity contribution in [2.45, 2.75) is 6.92 Å². The van der Waals surface area contributed by atoms with E-state index in [-0.39, 0.29) is 11.7 Å². The fourth-order valence-electron chi connectivity index (χ4n) is 3.21. The number of para-hydroxylation sites is 1. The molecule has 8 heteroatoms. The Morgan fingerprint density at radius 1 is 1.04 bits per heavy atom. The molecule has 1 aliphatic rings. The summed E-state index contributed by atoms with van der Waals surface area (Å²) in [4.78, 5) is 20.5. The van der Waals surface area contributed by atoms with Crippen LogP contribution in [0.3, 0.4) is 0 Å². The van der Waals surface area contributed by atoms with Crippen molar-refractivity contribution in [1.82, 2.24) is 24.6 Å². The first-order valence-corrected chi connectivity index (χ1v) is 8.76. The second-order valence-electron chi connectivity index (χ2n) is 6.35. The highest BCUT2D eigenvalue weighted by Gasteiger charge is 2.24. The number of imidazole rings is 1. The molecule has 0 radical (unpaired) electrons. The first-order chi connectivity index (χ1) is 13.1. The van der Waals surface area contributed by atoms with Crippen molar-refractivity contribution in [2.24, 2.45) is 0 Å². The molecule has 1 saturated heterocycles. The molecule has 7 nitrogen and oxygen atoms in total. The molecule has 1 amide bonds. The Labute approximate surface area is 156 Å². The van der Waals surface area contributed by atoms with Crippen molar-refractivity contribution < 1.29 is 9.18 Å². The third-order valence-corrected chi connectivity index (χ3v) is 4.70. The van der Waals surface area contributed by atoms with Crippen LogP contribution in [0, 0.1) is 12.7 Å². The van der Waals surface area contributed by atoms with Gasteiger partial charge in [0.2, 0.25) is 0 Å². The number of aryl methyl sites for hydroxylation is 1. The standard InChI is InChI=1S/C19H19FN6O/c1-14-21-8-9-26(14)18-7-6-16(22-23-18)19(27)25-12-10-24(11-13-25)17-5-3-2-4-15(17)20/h2-9H,10-13H2,1H3. The minimum Gasteiger partial charge on any atom is -0.366 e. The van der Waals surface area contributed by atoms with Crippen LogP contribution < -0.4 is 4.90 Å². The molecule has 0 aliphatic carbocycles. The second-order valence-corrected chi connectivity index (χ2v) is 6.35. The summed E-state index contributed by atoms with van der Waals surface area (Å²) >= 11 is 0. The molecule has 0 atom stereocenters. The number of carbonyl (C=O) groups is 1. The lowest BCUT2D eigenvalue weighted by Gasteiger charge is -2.36. The largest absolute Gasteiger partial charge is 0.366 e. The van der Waals surface area contributed by atoms with Crippen molar-refractivity contribution in [3.63, 3.8) is 0 Å². The molecule has 2 aromatic heterocycles. The van der Waals surface area contributed by atoms with Gasteiger partial charge in [-0.25, -0.2) is 9.37 Å². The van der Waals surface area contributed by atoms with Crippen LogP contribution in [-0.4, -0.2) is 56.7 Å². The highest BCUT2D eigenvalue weighted by atomic mass is 19.1. The molecule has 0 N–H and O–H groups in total. The number of anilines is 1. The van der Waals surface area contributed by atoms with Crippen molar-refractivity contribution in [1.29, 1.82) is 0 Å². The molecule has 1 fully saturated rings. The Kier molecular flexibility index (Phi) is 4.53. The molecule has 0 saturated carbocycles. The van der Waals surface area contributed by atoms with Gasteiger partial charge in [-0.05, 0) is 31.2 Å². The predicted octanol–water partition coefficient (Wildman–Crippen LogP) is 2.07. The normalized spacial score (nSPS) is 14.4. The number of halogens is 1. The zero-order chi connectivity index (χ0) is 18.8. The SMILES string of the molecule is Cc1nccn1-c1ccc(C(=O)N2CCN(c3ccccc3F)CC2)nn1. The van der Waals surface area contributed by atoms with E-state index in [1.54, 1.807) is 46.1 Å². The fraction of sp³-hybridized carbons (Fsp3) is 0.263. The number of piperazine rings is 1. The minimum atomic E-state index is -0.242. The molecule has 0 bridgehead atoms. The van der Waals surface area contributed by atoms with E-state index in [2.05, 4.69) is 15.2 Å². The average Bonchev–Trinajstić information content (AvgIpc) is 3.14. The van der Waals surface area contributed by atoms with Gasteiger partial charge in [0.15, 0.2) is 11.5 Å². The molecule has 1 aromatic carbocycles. The van der Waals surface area contributed by atoms with Crippen LogP contribution in [0.2, 0.25) is 0 Å². The predicted molar refractivity (Wildman–Crippen MR) is 98.4 cm³/mol. The lowest BCUT2D eigenvalue weighted by atomic mass is 10.2. The van der Waals surface area contributed by atoms with Crippen molar-refractivity contribution >= 4 is 11.6 Å². The maximum atomic E-state index is 13.9. The maximum Gasteiger partial charge on any atom is 0.274 e. The van der Waals surface area contributed by atoms with Crippen LogP contribution >= 0.6 is 0 Å². The first-order valence-electron chi connectivity index (χ1n) is 8.76. The summed E-state index contributed by atoms with van der Waals surface area (Å²) in [5.74, 6) is 1.01. The number of hydrogen-bond donors (Lipinski definition) is 0. The molecule has 3 heterocycles. The smallest absolute Gasteiger partial charge is 0.274 e. The summed E-state index contributed by atoms with van der Waals surface area (Å²) in [6.45, 7) is 4.04. The van der Waals surface area contributed by atoms with E-state index in [0.717, 1.165) is 5.82 Å². The fourth-order valence-corrected chi connectivity index (χ4v) is 3.21. The number of benzene rings is 1. The molecule has 3 aromatic rings.